The topological polar surface area (TPSA) is 64.2 Å². The fraction of sp³-hybridized carbons (Fsp3) is 0.375. The standard InChI is InChI=1S/C16H20N4O/c1-2-19-10-12(17)9-15(19)16(21)20(14-6-7-14)11-13-5-3-4-8-18-13/h3-5,8-10,14H,2,6-7,11,17H2,1H3. The molecule has 2 aromatic rings. The molecule has 0 aromatic carbocycles. The van der Waals surface area contributed by atoms with E-state index in [4.69, 9.17) is 5.73 Å². The van der Waals surface area contributed by atoms with Gasteiger partial charge in [-0.25, -0.2) is 0 Å². The van der Waals surface area contributed by atoms with Crippen LogP contribution in [-0.4, -0.2) is 26.4 Å². The molecule has 0 spiro atoms. The molecule has 1 aliphatic carbocycles. The summed E-state index contributed by atoms with van der Waals surface area (Å²) in [6, 6.07) is 7.89. The summed E-state index contributed by atoms with van der Waals surface area (Å²) in [5.74, 6) is 0.0432. The average molecular weight is 284 g/mol. The zero-order valence-electron chi connectivity index (χ0n) is 12.2. The van der Waals surface area contributed by atoms with Crippen molar-refractivity contribution in [2.24, 2.45) is 0 Å². The lowest BCUT2D eigenvalue weighted by atomic mass is 10.2. The monoisotopic (exact) mass is 284 g/mol. The maximum absolute atomic E-state index is 12.8. The smallest absolute Gasteiger partial charge is 0.271 e. The second kappa shape index (κ2) is 5.60. The third-order valence-electron chi connectivity index (χ3n) is 3.78. The zero-order valence-corrected chi connectivity index (χ0v) is 12.2. The van der Waals surface area contributed by atoms with Gasteiger partial charge in [0.15, 0.2) is 0 Å². The molecule has 2 N–H and O–H groups in total. The Morgan fingerprint density at radius 3 is 2.90 bits per heavy atom. The molecule has 0 aliphatic heterocycles. The Morgan fingerprint density at radius 1 is 1.48 bits per heavy atom. The van der Waals surface area contributed by atoms with Crippen LogP contribution in [0.3, 0.4) is 0 Å². The lowest BCUT2D eigenvalue weighted by Gasteiger charge is -2.22. The maximum Gasteiger partial charge on any atom is 0.271 e. The first kappa shape index (κ1) is 13.7. The molecule has 0 bridgehead atoms. The summed E-state index contributed by atoms with van der Waals surface area (Å²) in [7, 11) is 0. The Hall–Kier alpha value is -2.30. The molecule has 1 aliphatic rings. The molecule has 1 amide bonds. The first-order chi connectivity index (χ1) is 10.2. The van der Waals surface area contributed by atoms with Gasteiger partial charge in [0, 0.05) is 25.0 Å². The summed E-state index contributed by atoms with van der Waals surface area (Å²) in [6.07, 6.45) is 5.72. The molecule has 0 saturated heterocycles. The minimum absolute atomic E-state index is 0.0432. The minimum atomic E-state index is 0.0432. The van der Waals surface area contributed by atoms with Gasteiger partial charge in [0.2, 0.25) is 0 Å². The summed E-state index contributed by atoms with van der Waals surface area (Å²) in [4.78, 5) is 19.1. The van der Waals surface area contributed by atoms with Crippen LogP contribution >= 0.6 is 0 Å². The first-order valence-corrected chi connectivity index (χ1v) is 7.35. The van der Waals surface area contributed by atoms with Gasteiger partial charge in [0.25, 0.3) is 5.91 Å². The molecule has 5 heteroatoms. The third kappa shape index (κ3) is 2.91. The third-order valence-corrected chi connectivity index (χ3v) is 3.78. The van der Waals surface area contributed by atoms with Gasteiger partial charge in [-0.15, -0.1) is 0 Å². The second-order valence-corrected chi connectivity index (χ2v) is 5.43. The van der Waals surface area contributed by atoms with Gasteiger partial charge in [-0.2, -0.15) is 0 Å². The van der Waals surface area contributed by atoms with E-state index in [1.54, 1.807) is 12.3 Å². The normalized spacial score (nSPS) is 14.1. The van der Waals surface area contributed by atoms with Crippen LogP contribution in [0.15, 0.2) is 36.7 Å². The van der Waals surface area contributed by atoms with Gasteiger partial charge in [-0.1, -0.05) is 6.07 Å². The van der Waals surface area contributed by atoms with E-state index in [1.165, 1.54) is 0 Å². The highest BCUT2D eigenvalue weighted by atomic mass is 16.2. The van der Waals surface area contributed by atoms with Crippen molar-refractivity contribution in [3.8, 4) is 0 Å². The number of carbonyl (C=O) groups excluding carboxylic acids is 1. The van der Waals surface area contributed by atoms with E-state index in [-0.39, 0.29) is 5.91 Å². The Balaban J connectivity index is 1.85. The first-order valence-electron chi connectivity index (χ1n) is 7.35. The number of hydrogen-bond donors (Lipinski definition) is 1. The largest absolute Gasteiger partial charge is 0.397 e. The number of amides is 1. The molecular formula is C16H20N4O. The van der Waals surface area contributed by atoms with Gasteiger partial charge in [0.1, 0.15) is 5.69 Å². The fourth-order valence-electron chi connectivity index (χ4n) is 2.54. The number of anilines is 1. The Morgan fingerprint density at radius 2 is 2.29 bits per heavy atom. The van der Waals surface area contributed by atoms with Gasteiger partial charge >= 0.3 is 0 Å². The van der Waals surface area contributed by atoms with Gasteiger partial charge in [-0.05, 0) is 38.0 Å². The molecule has 2 heterocycles. The van der Waals surface area contributed by atoms with E-state index in [0.29, 0.717) is 24.0 Å². The number of nitrogen functional groups attached to an aromatic ring is 1. The molecule has 21 heavy (non-hydrogen) atoms. The highest BCUT2D eigenvalue weighted by Crippen LogP contribution is 2.30. The van der Waals surface area contributed by atoms with Crippen molar-refractivity contribution in [3.05, 3.63) is 48.0 Å². The Bertz CT molecular complexity index is 631. The van der Waals surface area contributed by atoms with Crippen LogP contribution in [0.2, 0.25) is 0 Å². The van der Waals surface area contributed by atoms with E-state index in [2.05, 4.69) is 4.98 Å². The Kier molecular flexibility index (Phi) is 3.64. The van der Waals surface area contributed by atoms with Crippen LogP contribution in [0.1, 0.15) is 35.9 Å². The number of aryl methyl sites for hydroxylation is 1. The molecule has 1 fully saturated rings. The van der Waals surface area contributed by atoms with Gasteiger partial charge in [0.05, 0.1) is 17.9 Å². The van der Waals surface area contributed by atoms with Crippen molar-refractivity contribution in [1.29, 1.82) is 0 Å². The van der Waals surface area contributed by atoms with Crippen LogP contribution in [0.5, 0.6) is 0 Å². The number of nitrogens with two attached hydrogens (primary N) is 1. The summed E-state index contributed by atoms with van der Waals surface area (Å²) in [5, 5.41) is 0. The average Bonchev–Trinajstić information content (AvgIpc) is 3.27. The molecular weight excluding hydrogens is 264 g/mol. The molecule has 0 unspecified atom stereocenters. The Labute approximate surface area is 124 Å². The van der Waals surface area contributed by atoms with Crippen molar-refractivity contribution in [2.45, 2.75) is 38.9 Å². The SMILES string of the molecule is CCn1cc(N)cc1C(=O)N(Cc1ccccn1)C1CC1. The molecule has 5 nitrogen and oxygen atoms in total. The van der Waals surface area contributed by atoms with Gasteiger partial charge in [-0.3, -0.25) is 9.78 Å². The summed E-state index contributed by atoms with van der Waals surface area (Å²) >= 11 is 0. The van der Waals surface area contributed by atoms with Crippen molar-refractivity contribution < 1.29 is 4.79 Å². The zero-order chi connectivity index (χ0) is 14.8. The van der Waals surface area contributed by atoms with E-state index in [9.17, 15) is 4.79 Å². The lowest BCUT2D eigenvalue weighted by molar-refractivity contribution is 0.0717. The number of aromatic nitrogens is 2. The number of rotatable bonds is 5. The van der Waals surface area contributed by atoms with Crippen molar-refractivity contribution in [3.63, 3.8) is 0 Å². The predicted molar refractivity (Wildman–Crippen MR) is 81.7 cm³/mol. The van der Waals surface area contributed by atoms with Crippen LogP contribution in [0.25, 0.3) is 0 Å². The van der Waals surface area contributed by atoms with Gasteiger partial charge < -0.3 is 15.2 Å². The van der Waals surface area contributed by atoms with E-state index < -0.39 is 0 Å². The number of carbonyl (C=O) groups is 1. The van der Waals surface area contributed by atoms with E-state index >= 15 is 0 Å². The number of pyridine rings is 1. The lowest BCUT2D eigenvalue weighted by Crippen LogP contribution is -2.34. The molecule has 110 valence electrons. The van der Waals surface area contributed by atoms with Crippen molar-refractivity contribution >= 4 is 11.6 Å². The highest BCUT2D eigenvalue weighted by Gasteiger charge is 2.34. The number of hydrogen-bond acceptors (Lipinski definition) is 3. The van der Waals surface area contributed by atoms with Crippen molar-refractivity contribution in [1.82, 2.24) is 14.5 Å². The highest BCUT2D eigenvalue weighted by molar-refractivity contribution is 5.94. The fourth-order valence-corrected chi connectivity index (χ4v) is 2.54. The van der Waals surface area contributed by atoms with Crippen LogP contribution in [-0.2, 0) is 13.1 Å². The predicted octanol–water partition coefficient (Wildman–Crippen LogP) is 2.29. The van der Waals surface area contributed by atoms with E-state index in [0.717, 1.165) is 25.1 Å². The maximum atomic E-state index is 12.8. The second-order valence-electron chi connectivity index (χ2n) is 5.43. The molecule has 2 aromatic heterocycles. The van der Waals surface area contributed by atoms with Crippen molar-refractivity contribution in [2.75, 3.05) is 5.73 Å². The quantitative estimate of drug-likeness (QED) is 0.916. The summed E-state index contributed by atoms with van der Waals surface area (Å²) in [6.45, 7) is 3.30. The van der Waals surface area contributed by atoms with Crippen LogP contribution in [0.4, 0.5) is 5.69 Å². The molecule has 0 radical (unpaired) electrons. The van der Waals surface area contributed by atoms with E-state index in [1.807, 2.05) is 40.8 Å². The molecule has 0 atom stereocenters. The molecule has 1 saturated carbocycles. The summed E-state index contributed by atoms with van der Waals surface area (Å²) in [5.41, 5.74) is 8.05. The molecule has 3 rings (SSSR count). The summed E-state index contributed by atoms with van der Waals surface area (Å²) < 4.78 is 1.91. The number of nitrogens with zero attached hydrogens (tertiary/aromatic N) is 3. The van der Waals surface area contributed by atoms with Crippen LogP contribution < -0.4 is 5.73 Å². The minimum Gasteiger partial charge on any atom is -0.397 e. The van der Waals surface area contributed by atoms with Crippen LogP contribution in [0, 0.1) is 0 Å².